The second kappa shape index (κ2) is 7.58. The van der Waals surface area contributed by atoms with E-state index in [9.17, 15) is 4.79 Å². The van der Waals surface area contributed by atoms with E-state index in [0.29, 0.717) is 5.82 Å². The highest BCUT2D eigenvalue weighted by Gasteiger charge is 2.13. The van der Waals surface area contributed by atoms with Crippen LogP contribution >= 0.6 is 0 Å². The van der Waals surface area contributed by atoms with Crippen LogP contribution in [0.5, 0.6) is 0 Å². The molecule has 0 bridgehead atoms. The van der Waals surface area contributed by atoms with Crippen molar-refractivity contribution in [1.82, 2.24) is 9.97 Å². The van der Waals surface area contributed by atoms with Crippen molar-refractivity contribution in [3.63, 3.8) is 0 Å². The van der Waals surface area contributed by atoms with Gasteiger partial charge in [0.2, 0.25) is 0 Å². The molecular formula is C22H24N4O. The van der Waals surface area contributed by atoms with Crippen molar-refractivity contribution in [2.24, 2.45) is 0 Å². The van der Waals surface area contributed by atoms with Crippen LogP contribution in [0.15, 0.2) is 60.9 Å². The highest BCUT2D eigenvalue weighted by Crippen LogP contribution is 2.24. The predicted octanol–water partition coefficient (Wildman–Crippen LogP) is 5.08. The monoisotopic (exact) mass is 360 g/mol. The Balaban J connectivity index is 1.66. The number of hydrogen-bond donors (Lipinski definition) is 2. The van der Waals surface area contributed by atoms with Gasteiger partial charge in [0.05, 0.1) is 12.4 Å². The summed E-state index contributed by atoms with van der Waals surface area (Å²) >= 11 is 0. The van der Waals surface area contributed by atoms with Gasteiger partial charge in [-0.15, -0.1) is 0 Å². The molecule has 3 rings (SSSR count). The molecule has 0 fully saturated rings. The first-order chi connectivity index (χ1) is 12.8. The number of hydrogen-bond acceptors (Lipinski definition) is 4. The summed E-state index contributed by atoms with van der Waals surface area (Å²) in [6.45, 7) is 8.49. The molecule has 0 spiro atoms. The normalized spacial score (nSPS) is 11.1. The van der Waals surface area contributed by atoms with Gasteiger partial charge >= 0.3 is 0 Å². The van der Waals surface area contributed by atoms with Gasteiger partial charge in [-0.25, -0.2) is 9.97 Å². The predicted molar refractivity (Wildman–Crippen MR) is 110 cm³/mol. The van der Waals surface area contributed by atoms with Gasteiger partial charge in [-0.05, 0) is 41.7 Å². The van der Waals surface area contributed by atoms with Crippen LogP contribution in [0.3, 0.4) is 0 Å². The van der Waals surface area contributed by atoms with E-state index >= 15 is 0 Å². The fourth-order valence-corrected chi connectivity index (χ4v) is 2.61. The zero-order valence-electron chi connectivity index (χ0n) is 16.1. The minimum absolute atomic E-state index is 0.116. The molecule has 0 saturated carbocycles. The molecule has 5 heteroatoms. The lowest BCUT2D eigenvalue weighted by molar-refractivity contribution is 0.102. The lowest BCUT2D eigenvalue weighted by Crippen LogP contribution is -2.15. The lowest BCUT2D eigenvalue weighted by Gasteiger charge is -2.19. The molecule has 2 aromatic carbocycles. The van der Waals surface area contributed by atoms with Crippen LogP contribution in [0, 0.1) is 6.92 Å². The topological polar surface area (TPSA) is 66.9 Å². The number of aryl methyl sites for hydroxylation is 1. The SMILES string of the molecule is Cc1ccccc1NC(=O)c1cnc(Nc2ccc(C(C)(C)C)cc2)cn1. The van der Waals surface area contributed by atoms with E-state index in [1.807, 2.05) is 43.3 Å². The summed E-state index contributed by atoms with van der Waals surface area (Å²) in [6.07, 6.45) is 3.03. The van der Waals surface area contributed by atoms with Crippen molar-refractivity contribution in [2.75, 3.05) is 10.6 Å². The Bertz CT molecular complexity index is 926. The minimum atomic E-state index is -0.280. The van der Waals surface area contributed by atoms with E-state index < -0.39 is 0 Å². The molecule has 3 aromatic rings. The summed E-state index contributed by atoms with van der Waals surface area (Å²) in [4.78, 5) is 20.8. The third-order valence-corrected chi connectivity index (χ3v) is 4.30. The summed E-state index contributed by atoms with van der Waals surface area (Å²) in [6, 6.07) is 15.8. The molecule has 0 aliphatic rings. The van der Waals surface area contributed by atoms with E-state index in [4.69, 9.17) is 0 Å². The average Bonchev–Trinajstić information content (AvgIpc) is 2.64. The molecule has 2 N–H and O–H groups in total. The van der Waals surface area contributed by atoms with Crippen molar-refractivity contribution in [1.29, 1.82) is 0 Å². The Morgan fingerprint density at radius 2 is 1.63 bits per heavy atom. The summed E-state index contributed by atoms with van der Waals surface area (Å²) in [5.74, 6) is 0.309. The van der Waals surface area contributed by atoms with Crippen molar-refractivity contribution < 1.29 is 4.79 Å². The van der Waals surface area contributed by atoms with Crippen molar-refractivity contribution in [2.45, 2.75) is 33.1 Å². The van der Waals surface area contributed by atoms with Crippen molar-refractivity contribution in [3.8, 4) is 0 Å². The van der Waals surface area contributed by atoms with Crippen LogP contribution in [-0.2, 0) is 5.41 Å². The molecule has 1 heterocycles. The molecule has 1 aromatic heterocycles. The van der Waals surface area contributed by atoms with E-state index in [-0.39, 0.29) is 17.0 Å². The first-order valence-corrected chi connectivity index (χ1v) is 8.89. The number of nitrogens with zero attached hydrogens (tertiary/aromatic N) is 2. The summed E-state index contributed by atoms with van der Waals surface area (Å²) in [5.41, 5.74) is 4.34. The molecule has 0 radical (unpaired) electrons. The Morgan fingerprint density at radius 3 is 2.22 bits per heavy atom. The highest BCUT2D eigenvalue weighted by atomic mass is 16.1. The molecule has 0 unspecified atom stereocenters. The number of aromatic nitrogens is 2. The number of para-hydroxylation sites is 1. The first kappa shape index (κ1) is 18.6. The number of carbonyl (C=O) groups is 1. The zero-order chi connectivity index (χ0) is 19.4. The number of carbonyl (C=O) groups excluding carboxylic acids is 1. The molecule has 1 amide bonds. The van der Waals surface area contributed by atoms with Crippen LogP contribution < -0.4 is 10.6 Å². The van der Waals surface area contributed by atoms with Crippen LogP contribution in [0.1, 0.15) is 42.4 Å². The molecule has 0 aliphatic carbocycles. The van der Waals surface area contributed by atoms with E-state index in [2.05, 4.69) is 53.5 Å². The Hall–Kier alpha value is -3.21. The highest BCUT2D eigenvalue weighted by molar-refractivity contribution is 6.03. The van der Waals surface area contributed by atoms with Gasteiger partial charge in [0.25, 0.3) is 5.91 Å². The van der Waals surface area contributed by atoms with Gasteiger partial charge in [0.15, 0.2) is 0 Å². The molecule has 5 nitrogen and oxygen atoms in total. The van der Waals surface area contributed by atoms with Crippen LogP contribution in [0.25, 0.3) is 0 Å². The number of benzene rings is 2. The number of nitrogens with one attached hydrogen (secondary N) is 2. The first-order valence-electron chi connectivity index (χ1n) is 8.89. The number of amides is 1. The number of anilines is 3. The largest absolute Gasteiger partial charge is 0.339 e. The van der Waals surface area contributed by atoms with E-state index in [1.165, 1.54) is 11.8 Å². The Kier molecular flexibility index (Phi) is 5.21. The van der Waals surface area contributed by atoms with Crippen LogP contribution in [-0.4, -0.2) is 15.9 Å². The van der Waals surface area contributed by atoms with E-state index in [1.54, 1.807) is 6.20 Å². The standard InChI is InChI=1S/C22H24N4O/c1-15-7-5-6-8-18(15)26-21(27)19-13-24-20(14-23-19)25-17-11-9-16(10-12-17)22(2,3)4/h5-14H,1-4H3,(H,24,25)(H,26,27). The van der Waals surface area contributed by atoms with Gasteiger partial charge in [-0.1, -0.05) is 51.1 Å². The average molecular weight is 360 g/mol. The second-order valence-electron chi connectivity index (χ2n) is 7.51. The van der Waals surface area contributed by atoms with Gasteiger partial charge < -0.3 is 10.6 Å². The third-order valence-electron chi connectivity index (χ3n) is 4.30. The van der Waals surface area contributed by atoms with Gasteiger partial charge in [0, 0.05) is 11.4 Å². The maximum atomic E-state index is 12.3. The van der Waals surface area contributed by atoms with Crippen LogP contribution in [0.2, 0.25) is 0 Å². The molecule has 0 aliphatic heterocycles. The Morgan fingerprint density at radius 1 is 0.926 bits per heavy atom. The van der Waals surface area contributed by atoms with Gasteiger partial charge in [-0.3, -0.25) is 4.79 Å². The van der Waals surface area contributed by atoms with Crippen LogP contribution in [0.4, 0.5) is 17.2 Å². The molecule has 27 heavy (non-hydrogen) atoms. The maximum absolute atomic E-state index is 12.3. The van der Waals surface area contributed by atoms with Crippen molar-refractivity contribution in [3.05, 3.63) is 77.7 Å². The Labute approximate surface area is 159 Å². The number of rotatable bonds is 4. The second-order valence-corrected chi connectivity index (χ2v) is 7.51. The van der Waals surface area contributed by atoms with E-state index in [0.717, 1.165) is 16.9 Å². The zero-order valence-corrected chi connectivity index (χ0v) is 16.1. The lowest BCUT2D eigenvalue weighted by atomic mass is 9.87. The molecular weight excluding hydrogens is 336 g/mol. The molecule has 138 valence electrons. The fraction of sp³-hybridized carbons (Fsp3) is 0.227. The smallest absolute Gasteiger partial charge is 0.275 e. The van der Waals surface area contributed by atoms with Gasteiger partial charge in [-0.2, -0.15) is 0 Å². The fourth-order valence-electron chi connectivity index (χ4n) is 2.61. The third kappa shape index (κ3) is 4.70. The summed E-state index contributed by atoms with van der Waals surface area (Å²) in [7, 11) is 0. The maximum Gasteiger partial charge on any atom is 0.275 e. The van der Waals surface area contributed by atoms with Crippen molar-refractivity contribution >= 4 is 23.1 Å². The molecule has 0 saturated heterocycles. The summed E-state index contributed by atoms with van der Waals surface area (Å²) in [5, 5.41) is 6.06. The van der Waals surface area contributed by atoms with Gasteiger partial charge in [0.1, 0.15) is 11.5 Å². The molecule has 0 atom stereocenters. The minimum Gasteiger partial charge on any atom is -0.339 e. The summed E-state index contributed by atoms with van der Waals surface area (Å²) < 4.78 is 0. The quantitative estimate of drug-likeness (QED) is 0.681.